The molecule has 2 fully saturated rings. The van der Waals surface area contributed by atoms with Gasteiger partial charge in [-0.3, -0.25) is 4.79 Å². The smallest absolute Gasteiger partial charge is 0.225 e. The van der Waals surface area contributed by atoms with Gasteiger partial charge >= 0.3 is 0 Å². The lowest BCUT2D eigenvalue weighted by Gasteiger charge is -2.25. The Kier molecular flexibility index (Phi) is 4.71. The van der Waals surface area contributed by atoms with Crippen LogP contribution in [0.4, 0.5) is 0 Å². The molecule has 5 nitrogen and oxygen atoms in total. The third kappa shape index (κ3) is 3.64. The van der Waals surface area contributed by atoms with Crippen LogP contribution in [-0.2, 0) is 11.2 Å². The Hall–Kier alpha value is -1.20. The summed E-state index contributed by atoms with van der Waals surface area (Å²) in [7, 11) is 0. The first-order chi connectivity index (χ1) is 8.83. The first-order valence-corrected chi connectivity index (χ1v) is 6.62. The van der Waals surface area contributed by atoms with Crippen LogP contribution in [0, 0.1) is 5.92 Å². The summed E-state index contributed by atoms with van der Waals surface area (Å²) in [6.07, 6.45) is 7.03. The maximum absolute atomic E-state index is 11.6. The fraction of sp³-hybridized carbons (Fsp3) is 0.615. The molecular weight excluding hydrogens is 264 g/mol. The number of nitrogens with zero attached hydrogens (tertiary/aromatic N) is 2. The number of carbonyl (C=O) groups is 1. The lowest BCUT2D eigenvalue weighted by molar-refractivity contribution is -0.126. The number of rotatable bonds is 5. The van der Waals surface area contributed by atoms with E-state index in [1.54, 1.807) is 0 Å². The summed E-state index contributed by atoms with van der Waals surface area (Å²) in [5.41, 5.74) is 1.09. The monoisotopic (exact) mass is 282 g/mol. The van der Waals surface area contributed by atoms with Gasteiger partial charge in [0.05, 0.1) is 5.92 Å². The number of nitrogens with one attached hydrogen (secondary N) is 2. The Bertz CT molecular complexity index is 429. The molecule has 2 N–H and O–H groups in total. The molecule has 6 heteroatoms. The van der Waals surface area contributed by atoms with E-state index in [0.29, 0.717) is 12.5 Å². The molecule has 1 saturated heterocycles. The highest BCUT2D eigenvalue weighted by molar-refractivity contribution is 5.85. The average molecular weight is 283 g/mol. The Labute approximate surface area is 119 Å². The normalized spacial score (nSPS) is 18.3. The zero-order chi connectivity index (χ0) is 12.4. The molecule has 19 heavy (non-hydrogen) atoms. The maximum Gasteiger partial charge on any atom is 0.225 e. The summed E-state index contributed by atoms with van der Waals surface area (Å²) in [4.78, 5) is 20.3. The van der Waals surface area contributed by atoms with Crippen molar-refractivity contribution in [2.45, 2.75) is 25.2 Å². The molecule has 0 radical (unpaired) electrons. The van der Waals surface area contributed by atoms with Gasteiger partial charge in [-0.05, 0) is 24.8 Å². The van der Waals surface area contributed by atoms with Crippen molar-refractivity contribution < 1.29 is 4.79 Å². The van der Waals surface area contributed by atoms with Crippen LogP contribution < -0.4 is 10.6 Å². The first-order valence-electron chi connectivity index (χ1n) is 6.62. The van der Waals surface area contributed by atoms with Crippen molar-refractivity contribution in [2.24, 2.45) is 5.92 Å². The first kappa shape index (κ1) is 14.2. The van der Waals surface area contributed by atoms with E-state index in [1.165, 1.54) is 12.8 Å². The van der Waals surface area contributed by atoms with Crippen molar-refractivity contribution in [1.82, 2.24) is 20.6 Å². The van der Waals surface area contributed by atoms with Crippen molar-refractivity contribution in [3.63, 3.8) is 0 Å². The van der Waals surface area contributed by atoms with E-state index in [-0.39, 0.29) is 24.2 Å². The van der Waals surface area contributed by atoms with Gasteiger partial charge in [0.15, 0.2) is 0 Å². The molecule has 0 unspecified atom stereocenters. The van der Waals surface area contributed by atoms with Crippen molar-refractivity contribution in [3.8, 4) is 0 Å². The predicted octanol–water partition coefficient (Wildman–Crippen LogP) is 0.654. The predicted molar refractivity (Wildman–Crippen MR) is 74.3 cm³/mol. The van der Waals surface area contributed by atoms with E-state index in [1.807, 2.05) is 12.4 Å². The molecule has 1 aromatic rings. The molecule has 2 heterocycles. The van der Waals surface area contributed by atoms with Gasteiger partial charge in [0.1, 0.15) is 5.82 Å². The molecule has 1 aliphatic carbocycles. The highest BCUT2D eigenvalue weighted by Gasteiger charge is 2.26. The van der Waals surface area contributed by atoms with Crippen LogP contribution in [-0.4, -0.2) is 35.5 Å². The Morgan fingerprint density at radius 1 is 1.32 bits per heavy atom. The quantitative estimate of drug-likeness (QED) is 0.832. The van der Waals surface area contributed by atoms with Gasteiger partial charge in [0, 0.05) is 37.9 Å². The molecule has 0 spiro atoms. The van der Waals surface area contributed by atoms with Gasteiger partial charge in [-0.2, -0.15) is 0 Å². The maximum atomic E-state index is 11.6. The largest absolute Gasteiger partial charge is 0.355 e. The summed E-state index contributed by atoms with van der Waals surface area (Å²) < 4.78 is 0. The van der Waals surface area contributed by atoms with Gasteiger partial charge in [0.25, 0.3) is 0 Å². The second-order valence-corrected chi connectivity index (χ2v) is 5.12. The summed E-state index contributed by atoms with van der Waals surface area (Å²) in [5.74, 6) is 1.90. The van der Waals surface area contributed by atoms with Crippen LogP contribution in [0.5, 0.6) is 0 Å². The number of hydrogen-bond donors (Lipinski definition) is 2. The van der Waals surface area contributed by atoms with Gasteiger partial charge in [-0.15, -0.1) is 12.4 Å². The minimum Gasteiger partial charge on any atom is -0.355 e. The number of hydrogen-bond acceptors (Lipinski definition) is 4. The molecule has 3 rings (SSSR count). The van der Waals surface area contributed by atoms with Crippen LogP contribution in [0.3, 0.4) is 0 Å². The lowest BCUT2D eigenvalue weighted by Crippen LogP contribution is -2.51. The molecule has 0 aromatic carbocycles. The van der Waals surface area contributed by atoms with Crippen LogP contribution in [0.25, 0.3) is 0 Å². The van der Waals surface area contributed by atoms with Gasteiger partial charge in [-0.1, -0.05) is 0 Å². The van der Waals surface area contributed by atoms with Crippen molar-refractivity contribution in [3.05, 3.63) is 23.8 Å². The molecular formula is C13H19ClN4O. The van der Waals surface area contributed by atoms with Crippen molar-refractivity contribution >= 4 is 18.3 Å². The SMILES string of the molecule is Cl.O=C(NCCc1cnc(C2CC2)nc1)C1CNC1. The number of aromatic nitrogens is 2. The Morgan fingerprint density at radius 3 is 2.53 bits per heavy atom. The fourth-order valence-electron chi connectivity index (χ4n) is 1.99. The van der Waals surface area contributed by atoms with E-state index >= 15 is 0 Å². The van der Waals surface area contributed by atoms with Gasteiger partial charge in [0.2, 0.25) is 5.91 Å². The Morgan fingerprint density at radius 2 is 2.00 bits per heavy atom. The highest BCUT2D eigenvalue weighted by Crippen LogP contribution is 2.37. The number of halogens is 1. The van der Waals surface area contributed by atoms with Crippen molar-refractivity contribution in [1.29, 1.82) is 0 Å². The van der Waals surface area contributed by atoms with E-state index in [9.17, 15) is 4.79 Å². The van der Waals surface area contributed by atoms with Crippen molar-refractivity contribution in [2.75, 3.05) is 19.6 Å². The van der Waals surface area contributed by atoms with E-state index in [0.717, 1.165) is 30.9 Å². The molecule has 0 bridgehead atoms. The molecule has 1 amide bonds. The molecule has 1 aromatic heterocycles. The van der Waals surface area contributed by atoms with Crippen LogP contribution >= 0.6 is 12.4 Å². The highest BCUT2D eigenvalue weighted by atomic mass is 35.5. The summed E-state index contributed by atoms with van der Waals surface area (Å²) in [6, 6.07) is 0. The van der Waals surface area contributed by atoms with Crippen LogP contribution in [0.1, 0.15) is 30.1 Å². The lowest BCUT2D eigenvalue weighted by atomic mass is 10.0. The molecule has 2 aliphatic rings. The average Bonchev–Trinajstić information content (AvgIpc) is 3.11. The summed E-state index contributed by atoms with van der Waals surface area (Å²) in [6.45, 7) is 2.29. The van der Waals surface area contributed by atoms with Gasteiger partial charge in [-0.25, -0.2) is 9.97 Å². The number of carbonyl (C=O) groups excluding carboxylic acids is 1. The third-order valence-electron chi connectivity index (χ3n) is 3.53. The van der Waals surface area contributed by atoms with Crippen LogP contribution in [0.15, 0.2) is 12.4 Å². The number of amides is 1. The second-order valence-electron chi connectivity index (χ2n) is 5.12. The van der Waals surface area contributed by atoms with Crippen LogP contribution in [0.2, 0.25) is 0 Å². The standard InChI is InChI=1S/C13H18N4O.ClH/c18-13(11-7-14-8-11)15-4-3-9-5-16-12(17-6-9)10-1-2-10;/h5-6,10-11,14H,1-4,7-8H2,(H,15,18);1H. The molecule has 0 atom stereocenters. The van der Waals surface area contributed by atoms with Gasteiger partial charge < -0.3 is 10.6 Å². The third-order valence-corrected chi connectivity index (χ3v) is 3.53. The Balaban J connectivity index is 0.00000133. The van der Waals surface area contributed by atoms with E-state index < -0.39 is 0 Å². The topological polar surface area (TPSA) is 66.9 Å². The molecule has 104 valence electrons. The molecule has 1 saturated carbocycles. The zero-order valence-corrected chi connectivity index (χ0v) is 11.6. The summed E-state index contributed by atoms with van der Waals surface area (Å²) in [5, 5.41) is 6.04. The zero-order valence-electron chi connectivity index (χ0n) is 10.8. The van der Waals surface area contributed by atoms with E-state index in [4.69, 9.17) is 0 Å². The molecule has 1 aliphatic heterocycles. The summed E-state index contributed by atoms with van der Waals surface area (Å²) >= 11 is 0. The second kappa shape index (κ2) is 6.30. The minimum atomic E-state index is 0. The fourth-order valence-corrected chi connectivity index (χ4v) is 1.99. The van der Waals surface area contributed by atoms with E-state index in [2.05, 4.69) is 20.6 Å². The minimum absolute atomic E-state index is 0.